The van der Waals surface area contributed by atoms with E-state index >= 15 is 0 Å². The highest BCUT2D eigenvalue weighted by Gasteiger charge is 2.57. The van der Waals surface area contributed by atoms with Crippen LogP contribution in [0.3, 0.4) is 0 Å². The minimum Gasteiger partial charge on any atom is -0.462 e. The minimum absolute atomic E-state index is 0.119. The van der Waals surface area contributed by atoms with Gasteiger partial charge in [0.05, 0.1) is 12.7 Å². The smallest absolute Gasteiger partial charge is 0.459 e. The first-order valence-electron chi connectivity index (χ1n) is 11.3. The maximum absolute atomic E-state index is 13.9. The fourth-order valence-corrected chi connectivity index (χ4v) is 5.03. The Bertz CT molecular complexity index is 1240. The summed E-state index contributed by atoms with van der Waals surface area (Å²) in [4.78, 5) is 37.8. The molecule has 1 saturated heterocycles. The molecule has 1 aromatic heterocycles. The van der Waals surface area contributed by atoms with Gasteiger partial charge in [-0.2, -0.15) is 5.09 Å². The lowest BCUT2D eigenvalue weighted by Gasteiger charge is -2.28. The summed E-state index contributed by atoms with van der Waals surface area (Å²) >= 11 is 0. The van der Waals surface area contributed by atoms with Gasteiger partial charge >= 0.3 is 19.4 Å². The van der Waals surface area contributed by atoms with E-state index in [0.29, 0.717) is 4.57 Å². The highest BCUT2D eigenvalue weighted by atomic mass is 31.2. The molecule has 2 heterocycles. The number of aromatic nitrogens is 2. The number of esters is 1. The Labute approximate surface area is 210 Å². The molecule has 0 amide bonds. The SMILES string of the molecule is CC(C)OC(=O)[C@H](C)N[P@](=O)(OC[C@H]1O[C@@H](n2ccc(=O)[nH]c2=O)[C@@](O)(CF)C1O)Oc1ccccc1. The first kappa shape index (κ1) is 28.7. The van der Waals surface area contributed by atoms with E-state index in [2.05, 4.69) is 5.09 Å². The van der Waals surface area contributed by atoms with Crippen molar-refractivity contribution < 1.29 is 42.5 Å². The van der Waals surface area contributed by atoms with Crippen LogP contribution in [0, 0.1) is 0 Å². The summed E-state index contributed by atoms with van der Waals surface area (Å²) in [6.45, 7) is 2.39. The zero-order chi connectivity index (χ0) is 27.4. The third-order valence-electron chi connectivity index (χ3n) is 5.35. The van der Waals surface area contributed by atoms with Crippen LogP contribution in [0.4, 0.5) is 4.39 Å². The number of alkyl halides is 1. The molecule has 1 unspecified atom stereocenters. The van der Waals surface area contributed by atoms with Gasteiger partial charge in [-0.15, -0.1) is 0 Å². The Morgan fingerprint density at radius 2 is 1.95 bits per heavy atom. The van der Waals surface area contributed by atoms with Gasteiger partial charge in [-0.1, -0.05) is 18.2 Å². The van der Waals surface area contributed by atoms with E-state index in [1.165, 1.54) is 19.1 Å². The Morgan fingerprint density at radius 1 is 1.27 bits per heavy atom. The summed E-state index contributed by atoms with van der Waals surface area (Å²) in [5, 5.41) is 23.9. The number of carbonyl (C=O) groups is 1. The molecule has 1 aliphatic rings. The predicted molar refractivity (Wildman–Crippen MR) is 127 cm³/mol. The number of aliphatic hydroxyl groups excluding tert-OH is 1. The van der Waals surface area contributed by atoms with E-state index in [-0.39, 0.29) is 5.75 Å². The molecule has 4 N–H and O–H groups in total. The fourth-order valence-electron chi connectivity index (χ4n) is 3.53. The number of hydrogen-bond donors (Lipinski definition) is 4. The number of nitrogens with zero attached hydrogens (tertiary/aromatic N) is 1. The predicted octanol–water partition coefficient (Wildman–Crippen LogP) is 0.629. The molecule has 1 aromatic carbocycles. The lowest BCUT2D eigenvalue weighted by molar-refractivity contribution is -0.149. The molecular weight excluding hydrogens is 516 g/mol. The molecule has 37 heavy (non-hydrogen) atoms. The van der Waals surface area contributed by atoms with E-state index in [4.69, 9.17) is 18.5 Å². The number of ether oxygens (including phenoxy) is 2. The van der Waals surface area contributed by atoms with Gasteiger partial charge in [-0.3, -0.25) is 23.7 Å². The van der Waals surface area contributed by atoms with Gasteiger partial charge in [0.15, 0.2) is 11.8 Å². The zero-order valence-corrected chi connectivity index (χ0v) is 21.2. The van der Waals surface area contributed by atoms with Gasteiger partial charge in [-0.25, -0.2) is 13.8 Å². The van der Waals surface area contributed by atoms with Crippen LogP contribution in [-0.4, -0.2) is 69.0 Å². The van der Waals surface area contributed by atoms with Crippen molar-refractivity contribution in [2.24, 2.45) is 0 Å². The molecule has 6 atom stereocenters. The van der Waals surface area contributed by atoms with Crippen LogP contribution in [0.1, 0.15) is 27.0 Å². The second kappa shape index (κ2) is 11.7. The molecule has 0 spiro atoms. The second-order valence-electron chi connectivity index (χ2n) is 8.65. The van der Waals surface area contributed by atoms with Gasteiger partial charge in [0, 0.05) is 12.3 Å². The Morgan fingerprint density at radius 3 is 2.54 bits per heavy atom. The number of halogens is 1. The quantitative estimate of drug-likeness (QED) is 0.230. The largest absolute Gasteiger partial charge is 0.462 e. The van der Waals surface area contributed by atoms with Crippen LogP contribution >= 0.6 is 7.75 Å². The maximum atomic E-state index is 13.9. The highest BCUT2D eigenvalue weighted by molar-refractivity contribution is 7.52. The Balaban J connectivity index is 1.83. The number of aromatic amines is 1. The second-order valence-corrected chi connectivity index (χ2v) is 10.3. The van der Waals surface area contributed by atoms with E-state index in [1.807, 2.05) is 4.98 Å². The lowest BCUT2D eigenvalue weighted by Crippen LogP contribution is -2.51. The fraction of sp³-hybridized carbons (Fsp3) is 0.500. The van der Waals surface area contributed by atoms with Crippen LogP contribution in [-0.2, 0) is 23.4 Å². The normalized spacial score (nSPS) is 26.0. The average molecular weight is 545 g/mol. The van der Waals surface area contributed by atoms with Crippen molar-refractivity contribution in [2.45, 2.75) is 57.0 Å². The van der Waals surface area contributed by atoms with Crippen molar-refractivity contribution in [3.63, 3.8) is 0 Å². The summed E-state index contributed by atoms with van der Waals surface area (Å²) < 4.78 is 49.7. The number of rotatable bonds is 11. The number of aliphatic hydroxyl groups is 2. The van der Waals surface area contributed by atoms with E-state index < -0.39 is 74.4 Å². The molecule has 0 bridgehead atoms. The third-order valence-corrected chi connectivity index (χ3v) is 6.99. The van der Waals surface area contributed by atoms with Crippen LogP contribution in [0.15, 0.2) is 52.2 Å². The number of para-hydroxylation sites is 1. The van der Waals surface area contributed by atoms with E-state index in [9.17, 15) is 33.6 Å². The van der Waals surface area contributed by atoms with E-state index in [1.54, 1.807) is 32.0 Å². The average Bonchev–Trinajstić information content (AvgIpc) is 3.08. The summed E-state index contributed by atoms with van der Waals surface area (Å²) in [7, 11) is -4.37. The maximum Gasteiger partial charge on any atom is 0.459 e. The molecule has 3 rings (SSSR count). The molecule has 13 nitrogen and oxygen atoms in total. The molecule has 1 fully saturated rings. The van der Waals surface area contributed by atoms with Gasteiger partial charge in [0.1, 0.15) is 30.7 Å². The van der Waals surface area contributed by atoms with Crippen molar-refractivity contribution in [2.75, 3.05) is 13.3 Å². The molecular formula is C22H29FN3O10P. The minimum atomic E-state index is -4.37. The summed E-state index contributed by atoms with van der Waals surface area (Å²) in [5.41, 5.74) is -4.36. The highest BCUT2D eigenvalue weighted by Crippen LogP contribution is 2.47. The zero-order valence-electron chi connectivity index (χ0n) is 20.3. The van der Waals surface area contributed by atoms with Crippen LogP contribution < -0.4 is 20.9 Å². The summed E-state index contributed by atoms with van der Waals surface area (Å²) in [6.07, 6.45) is -4.68. The molecule has 15 heteroatoms. The first-order valence-corrected chi connectivity index (χ1v) is 12.8. The van der Waals surface area contributed by atoms with E-state index in [0.717, 1.165) is 12.3 Å². The van der Waals surface area contributed by atoms with Crippen molar-refractivity contribution in [3.8, 4) is 5.75 Å². The van der Waals surface area contributed by atoms with Crippen molar-refractivity contribution >= 4 is 13.7 Å². The van der Waals surface area contributed by atoms with Gasteiger partial charge in [0.25, 0.3) is 5.56 Å². The van der Waals surface area contributed by atoms with Crippen LogP contribution in [0.2, 0.25) is 0 Å². The molecule has 0 radical (unpaired) electrons. The molecule has 204 valence electrons. The Hall–Kier alpha value is -2.87. The first-order chi connectivity index (χ1) is 17.4. The number of H-pyrrole nitrogens is 1. The number of nitrogens with one attached hydrogen (secondary N) is 2. The lowest BCUT2D eigenvalue weighted by atomic mass is 9.95. The Kier molecular flexibility index (Phi) is 9.05. The number of benzene rings is 1. The van der Waals surface area contributed by atoms with Gasteiger partial charge < -0.3 is 24.2 Å². The molecule has 0 aliphatic carbocycles. The van der Waals surface area contributed by atoms with Crippen molar-refractivity contribution in [1.82, 2.24) is 14.6 Å². The standard InChI is InChI=1S/C22H29FN3O10P/c1-13(2)34-19(29)14(3)25-37(32,36-15-7-5-4-6-8-15)33-11-16-18(28)22(31,12-23)20(35-16)26-10-9-17(27)24-21(26)30/h4-10,13-14,16,18,20,28,31H,11-12H2,1-3H3,(H,25,32)(H,24,27,30)/t14-,16+,18?,20+,22+,37-/m0/s1. The van der Waals surface area contributed by atoms with Crippen molar-refractivity contribution in [1.29, 1.82) is 0 Å². The van der Waals surface area contributed by atoms with Gasteiger partial charge in [0.2, 0.25) is 0 Å². The number of carbonyl (C=O) groups excluding carboxylic acids is 1. The molecule has 0 saturated carbocycles. The monoisotopic (exact) mass is 545 g/mol. The topological polar surface area (TPSA) is 178 Å². The summed E-state index contributed by atoms with van der Waals surface area (Å²) in [5.74, 6) is -0.620. The van der Waals surface area contributed by atoms with Crippen LogP contribution in [0.25, 0.3) is 0 Å². The molecule has 1 aliphatic heterocycles. The summed E-state index contributed by atoms with van der Waals surface area (Å²) in [6, 6.07) is 7.66. The van der Waals surface area contributed by atoms with Crippen molar-refractivity contribution in [3.05, 3.63) is 63.4 Å². The van der Waals surface area contributed by atoms with Crippen LogP contribution in [0.5, 0.6) is 5.75 Å². The number of hydrogen-bond acceptors (Lipinski definition) is 10. The molecule has 2 aromatic rings. The van der Waals surface area contributed by atoms with Gasteiger partial charge in [-0.05, 0) is 32.9 Å². The third kappa shape index (κ3) is 6.72.